The summed E-state index contributed by atoms with van der Waals surface area (Å²) in [5.41, 5.74) is 9.47. The third kappa shape index (κ3) is 5.08. The van der Waals surface area contributed by atoms with Crippen molar-refractivity contribution in [2.75, 3.05) is 44.5 Å². The van der Waals surface area contributed by atoms with Crippen LogP contribution in [-0.4, -0.2) is 56.7 Å². The Morgan fingerprint density at radius 3 is 2.94 bits per heavy atom. The van der Waals surface area contributed by atoms with Gasteiger partial charge in [0.1, 0.15) is 12.4 Å². The van der Waals surface area contributed by atoms with E-state index in [9.17, 15) is 4.79 Å². The highest BCUT2D eigenvalue weighted by atomic mass is 16.7. The van der Waals surface area contributed by atoms with Crippen molar-refractivity contribution in [1.82, 2.24) is 5.32 Å². The fourth-order valence-electron chi connectivity index (χ4n) is 4.35. The van der Waals surface area contributed by atoms with E-state index in [-0.39, 0.29) is 19.4 Å². The summed E-state index contributed by atoms with van der Waals surface area (Å²) in [6.07, 6.45) is 2.35. The van der Waals surface area contributed by atoms with Gasteiger partial charge >= 0.3 is 0 Å². The van der Waals surface area contributed by atoms with E-state index >= 15 is 0 Å². The molecule has 4 rings (SSSR count). The quantitative estimate of drug-likeness (QED) is 0.457. The van der Waals surface area contributed by atoms with E-state index in [1.807, 2.05) is 24.3 Å². The van der Waals surface area contributed by atoms with Gasteiger partial charge in [0, 0.05) is 38.3 Å². The van der Waals surface area contributed by atoms with Crippen LogP contribution in [0.3, 0.4) is 0 Å². The lowest BCUT2D eigenvalue weighted by molar-refractivity contribution is 0.100. The number of aliphatic hydroxyl groups is 1. The van der Waals surface area contributed by atoms with E-state index in [2.05, 4.69) is 23.2 Å². The molecule has 4 N–H and O–H groups in total. The number of hydrogen-bond acceptors (Lipinski definition) is 7. The number of fused-ring (bicyclic) bond motifs is 2. The number of carbonyl (C=O) groups is 1. The molecule has 2 aliphatic rings. The molecule has 1 amide bonds. The standard InChI is InChI=1S/C24H31N3O5/c1-16(26-6-10-30-19-3-4-21-22(14-19)32-15-31-21)11-17-12-18-5-8-27(7-2-9-28)23(18)20(13-17)24(25)29/h3-4,12-14,16,26,28H,2,5-11,15H2,1H3,(H2,25,29). The summed E-state index contributed by atoms with van der Waals surface area (Å²) < 4.78 is 16.5. The second kappa shape index (κ2) is 10.1. The zero-order valence-electron chi connectivity index (χ0n) is 18.4. The van der Waals surface area contributed by atoms with Gasteiger partial charge in [-0.3, -0.25) is 4.79 Å². The first kappa shape index (κ1) is 22.2. The number of aliphatic hydroxyl groups excluding tert-OH is 1. The van der Waals surface area contributed by atoms with E-state index in [0.29, 0.717) is 30.9 Å². The monoisotopic (exact) mass is 441 g/mol. The zero-order chi connectivity index (χ0) is 22.5. The number of nitrogens with two attached hydrogens (primary N) is 1. The molecular formula is C24H31N3O5. The maximum absolute atomic E-state index is 12.1. The number of primary amides is 1. The van der Waals surface area contributed by atoms with Crippen LogP contribution >= 0.6 is 0 Å². The van der Waals surface area contributed by atoms with Gasteiger partial charge in [0.25, 0.3) is 5.91 Å². The molecular weight excluding hydrogens is 410 g/mol. The number of ether oxygens (including phenoxy) is 3. The Kier molecular flexibility index (Phi) is 7.02. The largest absolute Gasteiger partial charge is 0.492 e. The van der Waals surface area contributed by atoms with Crippen molar-refractivity contribution in [3.8, 4) is 17.2 Å². The minimum atomic E-state index is -0.406. The van der Waals surface area contributed by atoms with Crippen LogP contribution in [0, 0.1) is 0 Å². The molecule has 0 aromatic heterocycles. The summed E-state index contributed by atoms with van der Waals surface area (Å²) in [4.78, 5) is 14.3. The highest BCUT2D eigenvalue weighted by Gasteiger charge is 2.25. The van der Waals surface area contributed by atoms with Gasteiger partial charge in [-0.1, -0.05) is 6.07 Å². The smallest absolute Gasteiger partial charge is 0.250 e. The first-order valence-corrected chi connectivity index (χ1v) is 11.1. The van der Waals surface area contributed by atoms with Crippen molar-refractivity contribution in [3.63, 3.8) is 0 Å². The first-order chi connectivity index (χ1) is 15.5. The van der Waals surface area contributed by atoms with Gasteiger partial charge in [0.05, 0.1) is 11.3 Å². The zero-order valence-corrected chi connectivity index (χ0v) is 18.4. The molecule has 8 heteroatoms. The minimum absolute atomic E-state index is 0.136. The Hall–Kier alpha value is -2.97. The minimum Gasteiger partial charge on any atom is -0.492 e. The third-order valence-electron chi connectivity index (χ3n) is 5.82. The second-order valence-corrected chi connectivity index (χ2v) is 8.25. The van der Waals surface area contributed by atoms with Gasteiger partial charge in [-0.15, -0.1) is 0 Å². The Balaban J connectivity index is 1.30. The summed E-state index contributed by atoms with van der Waals surface area (Å²) in [5, 5.41) is 12.6. The van der Waals surface area contributed by atoms with Gasteiger partial charge < -0.3 is 35.3 Å². The molecule has 172 valence electrons. The number of amides is 1. The molecule has 2 aromatic rings. The van der Waals surface area contributed by atoms with Crippen LogP contribution in [0.25, 0.3) is 0 Å². The molecule has 1 unspecified atom stereocenters. The van der Waals surface area contributed by atoms with Crippen LogP contribution in [0.15, 0.2) is 30.3 Å². The Labute approximate surface area is 188 Å². The summed E-state index contributed by atoms with van der Waals surface area (Å²) >= 11 is 0. The lowest BCUT2D eigenvalue weighted by atomic mass is 9.98. The molecule has 8 nitrogen and oxygen atoms in total. The van der Waals surface area contributed by atoms with Gasteiger partial charge in [-0.25, -0.2) is 0 Å². The first-order valence-electron chi connectivity index (χ1n) is 11.1. The molecule has 0 radical (unpaired) electrons. The highest BCUT2D eigenvalue weighted by Crippen LogP contribution is 2.35. The predicted octanol–water partition coefficient (Wildman–Crippen LogP) is 1.86. The maximum atomic E-state index is 12.1. The topological polar surface area (TPSA) is 106 Å². The molecule has 2 heterocycles. The van der Waals surface area contributed by atoms with Gasteiger partial charge in [-0.2, -0.15) is 0 Å². The number of anilines is 1. The molecule has 0 saturated carbocycles. The van der Waals surface area contributed by atoms with Gasteiger partial charge in [-0.05, 0) is 55.5 Å². The molecule has 2 aliphatic heterocycles. The molecule has 0 spiro atoms. The number of benzene rings is 2. The lowest BCUT2D eigenvalue weighted by Gasteiger charge is -2.22. The van der Waals surface area contributed by atoms with Crippen LogP contribution in [-0.2, 0) is 12.8 Å². The van der Waals surface area contributed by atoms with Gasteiger partial charge in [0.2, 0.25) is 6.79 Å². The Bertz CT molecular complexity index is 965. The molecule has 1 atom stereocenters. The average molecular weight is 442 g/mol. The molecule has 32 heavy (non-hydrogen) atoms. The maximum Gasteiger partial charge on any atom is 0.250 e. The highest BCUT2D eigenvalue weighted by molar-refractivity contribution is 6.00. The van der Waals surface area contributed by atoms with E-state index in [4.69, 9.17) is 25.1 Å². The van der Waals surface area contributed by atoms with Crippen molar-refractivity contribution in [2.45, 2.75) is 32.2 Å². The fraction of sp³-hybridized carbons (Fsp3) is 0.458. The number of nitrogens with zero attached hydrogens (tertiary/aromatic N) is 1. The molecule has 0 aliphatic carbocycles. The molecule has 0 saturated heterocycles. The van der Waals surface area contributed by atoms with Crippen LogP contribution in [0.4, 0.5) is 5.69 Å². The SMILES string of the molecule is CC(Cc1cc2c(c(C(N)=O)c1)N(CCCO)CC2)NCCOc1ccc2c(c1)OCO2. The van der Waals surface area contributed by atoms with E-state index < -0.39 is 5.91 Å². The van der Waals surface area contributed by atoms with Crippen LogP contribution in [0.2, 0.25) is 0 Å². The third-order valence-corrected chi connectivity index (χ3v) is 5.82. The number of carbonyl (C=O) groups excluding carboxylic acids is 1. The summed E-state index contributed by atoms with van der Waals surface area (Å²) in [6.45, 7) is 5.30. The molecule has 2 aromatic carbocycles. The van der Waals surface area contributed by atoms with Crippen LogP contribution in [0.1, 0.15) is 34.8 Å². The second-order valence-electron chi connectivity index (χ2n) is 8.25. The number of nitrogens with one attached hydrogen (secondary N) is 1. The van der Waals surface area contributed by atoms with E-state index in [1.54, 1.807) is 0 Å². The summed E-state index contributed by atoms with van der Waals surface area (Å²) in [5.74, 6) is 1.79. The molecule has 0 fully saturated rings. The number of hydrogen-bond donors (Lipinski definition) is 3. The normalized spacial score (nSPS) is 15.0. The summed E-state index contributed by atoms with van der Waals surface area (Å²) in [6, 6.07) is 9.87. The summed E-state index contributed by atoms with van der Waals surface area (Å²) in [7, 11) is 0. The van der Waals surface area contributed by atoms with Crippen molar-refractivity contribution in [3.05, 3.63) is 47.0 Å². The number of rotatable bonds is 11. The van der Waals surface area contributed by atoms with E-state index in [1.165, 1.54) is 0 Å². The Morgan fingerprint density at radius 2 is 2.12 bits per heavy atom. The van der Waals surface area contributed by atoms with Crippen molar-refractivity contribution >= 4 is 11.6 Å². The van der Waals surface area contributed by atoms with Crippen molar-refractivity contribution in [2.24, 2.45) is 5.73 Å². The van der Waals surface area contributed by atoms with Crippen molar-refractivity contribution in [1.29, 1.82) is 0 Å². The predicted molar refractivity (Wildman–Crippen MR) is 122 cm³/mol. The Morgan fingerprint density at radius 1 is 1.28 bits per heavy atom. The van der Waals surface area contributed by atoms with Crippen molar-refractivity contribution < 1.29 is 24.1 Å². The average Bonchev–Trinajstić information content (AvgIpc) is 3.41. The van der Waals surface area contributed by atoms with Crippen LogP contribution in [0.5, 0.6) is 17.2 Å². The van der Waals surface area contributed by atoms with E-state index in [0.717, 1.165) is 54.2 Å². The fourth-order valence-corrected chi connectivity index (χ4v) is 4.35. The molecule has 0 bridgehead atoms. The van der Waals surface area contributed by atoms with Crippen LogP contribution < -0.4 is 30.2 Å². The van der Waals surface area contributed by atoms with Gasteiger partial charge in [0.15, 0.2) is 11.5 Å². The lowest BCUT2D eigenvalue weighted by Crippen LogP contribution is -2.32.